The molecule has 1 saturated carbocycles. The summed E-state index contributed by atoms with van der Waals surface area (Å²) in [4.78, 5) is 14.0. The van der Waals surface area contributed by atoms with Crippen LogP contribution in [0.2, 0.25) is 0 Å². The van der Waals surface area contributed by atoms with Crippen molar-refractivity contribution in [3.8, 4) is 5.75 Å². The molecule has 8 heteroatoms. The average molecular weight is 457 g/mol. The lowest BCUT2D eigenvalue weighted by Gasteiger charge is -2.17. The number of nitrogens with one attached hydrogen (secondary N) is 1. The van der Waals surface area contributed by atoms with Crippen LogP contribution in [0.15, 0.2) is 53.4 Å². The second kappa shape index (κ2) is 9.05. The molecule has 4 rings (SSSR count). The van der Waals surface area contributed by atoms with Crippen molar-refractivity contribution in [1.82, 2.24) is 9.62 Å². The van der Waals surface area contributed by atoms with Crippen LogP contribution in [0.5, 0.6) is 5.75 Å². The zero-order chi connectivity index (χ0) is 22.9. The number of ether oxygens (including phenoxy) is 1. The molecule has 0 spiro atoms. The van der Waals surface area contributed by atoms with Gasteiger partial charge in [-0.05, 0) is 30.8 Å². The highest BCUT2D eigenvalue weighted by Crippen LogP contribution is 2.55. The van der Waals surface area contributed by atoms with Crippen LogP contribution in [0.1, 0.15) is 41.3 Å². The van der Waals surface area contributed by atoms with Crippen LogP contribution in [0.25, 0.3) is 6.08 Å². The third-order valence-electron chi connectivity index (χ3n) is 6.28. The van der Waals surface area contributed by atoms with E-state index in [0.717, 1.165) is 25.2 Å². The van der Waals surface area contributed by atoms with Gasteiger partial charge in [0, 0.05) is 30.0 Å². The minimum absolute atomic E-state index is 0.00769. The number of nitrogens with zero attached hydrogens (tertiary/aromatic N) is 1. The number of aromatic carboxylic acids is 1. The molecule has 1 aliphatic heterocycles. The monoisotopic (exact) mass is 456 g/mol. The lowest BCUT2D eigenvalue weighted by Crippen LogP contribution is -2.28. The van der Waals surface area contributed by atoms with Crippen molar-refractivity contribution in [1.29, 1.82) is 0 Å². The number of benzene rings is 2. The predicted molar refractivity (Wildman–Crippen MR) is 123 cm³/mol. The van der Waals surface area contributed by atoms with E-state index in [-0.39, 0.29) is 28.3 Å². The van der Waals surface area contributed by atoms with Crippen LogP contribution in [0.3, 0.4) is 0 Å². The van der Waals surface area contributed by atoms with Crippen molar-refractivity contribution in [2.24, 2.45) is 5.92 Å². The van der Waals surface area contributed by atoms with Gasteiger partial charge in [0.15, 0.2) is 0 Å². The number of carboxylic acids is 1. The summed E-state index contributed by atoms with van der Waals surface area (Å²) in [5.74, 6) is -0.795. The number of carboxylic acid groups (broad SMARTS) is 1. The number of likely N-dealkylation sites (N-methyl/N-ethyl adjacent to an activating group) is 1. The Morgan fingerprint density at radius 2 is 1.94 bits per heavy atom. The van der Waals surface area contributed by atoms with E-state index in [2.05, 4.69) is 23.5 Å². The summed E-state index contributed by atoms with van der Waals surface area (Å²) in [5.41, 5.74) is 1.50. The number of hydrogen-bond donors (Lipinski definition) is 2. The van der Waals surface area contributed by atoms with Crippen molar-refractivity contribution in [3.63, 3.8) is 0 Å². The van der Waals surface area contributed by atoms with E-state index in [1.165, 1.54) is 6.07 Å². The fraction of sp³-hybridized carbons (Fsp3) is 0.375. The van der Waals surface area contributed by atoms with Crippen molar-refractivity contribution < 1.29 is 23.1 Å². The fourth-order valence-electron chi connectivity index (χ4n) is 4.41. The Morgan fingerprint density at radius 3 is 2.66 bits per heavy atom. The SMILES string of the molecule is CCN(CC)C/C=C\c1ccccc1S(=O)(=O)NC1[C@H]2COc3c(C(=O)O)cccc3[C@H]12. The summed E-state index contributed by atoms with van der Waals surface area (Å²) >= 11 is 0. The van der Waals surface area contributed by atoms with Gasteiger partial charge >= 0.3 is 5.97 Å². The van der Waals surface area contributed by atoms with Gasteiger partial charge in [0.25, 0.3) is 0 Å². The first-order valence-electron chi connectivity index (χ1n) is 10.9. The van der Waals surface area contributed by atoms with E-state index in [4.69, 9.17) is 4.74 Å². The topological polar surface area (TPSA) is 95.9 Å². The summed E-state index contributed by atoms with van der Waals surface area (Å²) in [7, 11) is -3.76. The van der Waals surface area contributed by atoms with Crippen LogP contribution >= 0.6 is 0 Å². The molecule has 0 radical (unpaired) electrons. The Balaban J connectivity index is 1.54. The number of para-hydroxylation sites is 1. The summed E-state index contributed by atoms with van der Waals surface area (Å²) < 4.78 is 35.1. The van der Waals surface area contributed by atoms with Crippen molar-refractivity contribution in [2.45, 2.75) is 30.7 Å². The zero-order valence-corrected chi connectivity index (χ0v) is 19.0. The predicted octanol–water partition coefficient (Wildman–Crippen LogP) is 3.19. The third kappa shape index (κ3) is 4.30. The number of sulfonamides is 1. The molecule has 2 N–H and O–H groups in total. The van der Waals surface area contributed by atoms with E-state index in [9.17, 15) is 18.3 Å². The first kappa shape index (κ1) is 22.5. The van der Waals surface area contributed by atoms with Crippen molar-refractivity contribution in [3.05, 3.63) is 65.2 Å². The minimum Gasteiger partial charge on any atom is -0.492 e. The highest BCUT2D eigenvalue weighted by atomic mass is 32.2. The van der Waals surface area contributed by atoms with Gasteiger partial charge in [-0.2, -0.15) is 0 Å². The van der Waals surface area contributed by atoms with E-state index < -0.39 is 16.0 Å². The maximum atomic E-state index is 13.3. The quantitative estimate of drug-likeness (QED) is 0.602. The molecular formula is C24H28N2O5S. The number of carbonyl (C=O) groups is 1. The summed E-state index contributed by atoms with van der Waals surface area (Å²) in [6, 6.07) is 11.6. The van der Waals surface area contributed by atoms with Gasteiger partial charge in [0.2, 0.25) is 10.0 Å². The third-order valence-corrected chi connectivity index (χ3v) is 7.81. The Labute approximate surface area is 188 Å². The largest absolute Gasteiger partial charge is 0.492 e. The maximum absolute atomic E-state index is 13.3. The Hall–Kier alpha value is -2.68. The first-order chi connectivity index (χ1) is 15.4. The molecule has 32 heavy (non-hydrogen) atoms. The number of hydrogen-bond acceptors (Lipinski definition) is 5. The molecule has 0 bridgehead atoms. The van der Waals surface area contributed by atoms with Gasteiger partial charge in [-0.15, -0.1) is 0 Å². The van der Waals surface area contributed by atoms with Crippen LogP contribution in [-0.2, 0) is 10.0 Å². The van der Waals surface area contributed by atoms with Crippen LogP contribution in [-0.4, -0.2) is 56.7 Å². The molecule has 2 aromatic rings. The second-order valence-electron chi connectivity index (χ2n) is 8.10. The standard InChI is InChI=1S/C24H28N2O5S/c1-3-26(4-2)14-8-10-16-9-5-6-13-20(16)32(29,30)25-22-19-15-31-23-17(21(19)22)11-7-12-18(23)24(27)28/h5-13,19,21-22,25H,3-4,14-15H2,1-2H3,(H,27,28)/b10-8-/t19-,21-,22?/m0/s1. The molecule has 3 atom stereocenters. The zero-order valence-electron chi connectivity index (χ0n) is 18.2. The molecule has 2 aromatic carbocycles. The minimum atomic E-state index is -3.76. The summed E-state index contributed by atoms with van der Waals surface area (Å²) in [6.07, 6.45) is 3.83. The van der Waals surface area contributed by atoms with Gasteiger partial charge < -0.3 is 14.7 Å². The molecule has 1 fully saturated rings. The normalized spacial score (nSPS) is 21.8. The van der Waals surface area contributed by atoms with Gasteiger partial charge in [-0.3, -0.25) is 0 Å². The van der Waals surface area contributed by atoms with Gasteiger partial charge in [0.1, 0.15) is 11.3 Å². The second-order valence-corrected chi connectivity index (χ2v) is 9.79. The molecular weight excluding hydrogens is 428 g/mol. The Bertz CT molecular complexity index is 1140. The van der Waals surface area contributed by atoms with Gasteiger partial charge in [-0.25, -0.2) is 17.9 Å². The molecule has 0 saturated heterocycles. The van der Waals surface area contributed by atoms with Gasteiger partial charge in [-0.1, -0.05) is 56.3 Å². The number of rotatable bonds is 9. The molecule has 1 aliphatic carbocycles. The molecule has 0 amide bonds. The van der Waals surface area contributed by atoms with E-state index >= 15 is 0 Å². The van der Waals surface area contributed by atoms with Crippen LogP contribution in [0, 0.1) is 5.92 Å². The van der Waals surface area contributed by atoms with Gasteiger partial charge in [0.05, 0.1) is 11.5 Å². The molecule has 0 aromatic heterocycles. The van der Waals surface area contributed by atoms with E-state index in [1.54, 1.807) is 24.3 Å². The smallest absolute Gasteiger partial charge is 0.339 e. The van der Waals surface area contributed by atoms with Crippen molar-refractivity contribution in [2.75, 3.05) is 26.2 Å². The molecule has 2 aliphatic rings. The lowest BCUT2D eigenvalue weighted by molar-refractivity contribution is 0.0691. The van der Waals surface area contributed by atoms with Crippen LogP contribution < -0.4 is 9.46 Å². The highest BCUT2D eigenvalue weighted by Gasteiger charge is 2.57. The van der Waals surface area contributed by atoms with Crippen LogP contribution in [0.4, 0.5) is 0 Å². The summed E-state index contributed by atoms with van der Waals surface area (Å²) in [6.45, 7) is 7.09. The lowest BCUT2D eigenvalue weighted by atomic mass is 10.0. The highest BCUT2D eigenvalue weighted by molar-refractivity contribution is 7.89. The molecule has 7 nitrogen and oxygen atoms in total. The molecule has 170 valence electrons. The Morgan fingerprint density at radius 1 is 1.19 bits per heavy atom. The fourth-order valence-corrected chi connectivity index (χ4v) is 5.92. The van der Waals surface area contributed by atoms with E-state index in [1.807, 2.05) is 24.3 Å². The average Bonchev–Trinajstić information content (AvgIpc) is 3.48. The summed E-state index contributed by atoms with van der Waals surface area (Å²) in [5, 5.41) is 9.41. The maximum Gasteiger partial charge on any atom is 0.339 e. The molecule has 1 unspecified atom stereocenters. The number of fused-ring (bicyclic) bond motifs is 3. The Kier molecular flexibility index (Phi) is 6.37. The molecule has 1 heterocycles. The van der Waals surface area contributed by atoms with E-state index in [0.29, 0.717) is 17.9 Å². The first-order valence-corrected chi connectivity index (χ1v) is 12.3. The van der Waals surface area contributed by atoms with Crippen molar-refractivity contribution >= 4 is 22.1 Å².